The highest BCUT2D eigenvalue weighted by molar-refractivity contribution is 5.94. The van der Waals surface area contributed by atoms with Crippen molar-refractivity contribution < 1.29 is 9.53 Å². The molecule has 3 rings (SSSR count). The molecule has 1 aromatic rings. The molecule has 1 amide bonds. The third-order valence-corrected chi connectivity index (χ3v) is 3.95. The summed E-state index contributed by atoms with van der Waals surface area (Å²) in [5, 5.41) is 6.33. The number of nitrogens with one attached hydrogen (secondary N) is 2. The molecule has 0 spiro atoms. The Labute approximate surface area is 119 Å². The zero-order valence-electron chi connectivity index (χ0n) is 11.9. The van der Waals surface area contributed by atoms with Crippen molar-refractivity contribution in [3.63, 3.8) is 0 Å². The molecule has 2 fully saturated rings. The number of rotatable bonds is 5. The first-order chi connectivity index (χ1) is 9.70. The second-order valence-corrected chi connectivity index (χ2v) is 5.87. The number of hydrogen-bond acceptors (Lipinski definition) is 3. The SMILES string of the molecule is CC1CCC(CNc2ccc(NC(=O)C3CC3)cc2)O1. The molecule has 1 saturated carbocycles. The topological polar surface area (TPSA) is 50.4 Å². The molecule has 0 radical (unpaired) electrons. The van der Waals surface area contributed by atoms with Crippen LogP contribution in [0.25, 0.3) is 0 Å². The number of benzene rings is 1. The van der Waals surface area contributed by atoms with Gasteiger partial charge >= 0.3 is 0 Å². The van der Waals surface area contributed by atoms with Gasteiger partial charge in [-0.2, -0.15) is 0 Å². The Kier molecular flexibility index (Phi) is 3.92. The number of carbonyl (C=O) groups excluding carboxylic acids is 1. The summed E-state index contributed by atoms with van der Waals surface area (Å²) in [4.78, 5) is 11.6. The van der Waals surface area contributed by atoms with Gasteiger partial charge in [-0.05, 0) is 56.9 Å². The monoisotopic (exact) mass is 274 g/mol. The third-order valence-electron chi connectivity index (χ3n) is 3.95. The van der Waals surface area contributed by atoms with E-state index in [0.717, 1.165) is 43.6 Å². The molecule has 1 aliphatic carbocycles. The van der Waals surface area contributed by atoms with E-state index in [9.17, 15) is 4.79 Å². The number of hydrogen-bond donors (Lipinski definition) is 2. The number of carbonyl (C=O) groups is 1. The highest BCUT2D eigenvalue weighted by atomic mass is 16.5. The maximum Gasteiger partial charge on any atom is 0.227 e. The standard InChI is InChI=1S/C16H22N2O2/c1-11-2-9-15(20-11)10-17-13-5-7-14(8-6-13)18-16(19)12-3-4-12/h5-8,11-12,15,17H,2-4,9-10H2,1H3,(H,18,19). The predicted molar refractivity (Wildman–Crippen MR) is 79.9 cm³/mol. The van der Waals surface area contributed by atoms with E-state index in [4.69, 9.17) is 4.74 Å². The van der Waals surface area contributed by atoms with Crippen LogP contribution in [-0.4, -0.2) is 24.7 Å². The van der Waals surface area contributed by atoms with Crippen LogP contribution in [0.2, 0.25) is 0 Å². The summed E-state index contributed by atoms with van der Waals surface area (Å²) >= 11 is 0. The average Bonchev–Trinajstić information content (AvgIpc) is 3.22. The lowest BCUT2D eigenvalue weighted by atomic mass is 10.2. The molecule has 0 bridgehead atoms. The fourth-order valence-electron chi connectivity index (χ4n) is 2.53. The maximum absolute atomic E-state index is 11.6. The van der Waals surface area contributed by atoms with E-state index in [2.05, 4.69) is 17.6 Å². The van der Waals surface area contributed by atoms with Gasteiger partial charge in [-0.15, -0.1) is 0 Å². The Hall–Kier alpha value is -1.55. The van der Waals surface area contributed by atoms with Crippen molar-refractivity contribution in [1.82, 2.24) is 0 Å². The van der Waals surface area contributed by atoms with Crippen LogP contribution in [0.4, 0.5) is 11.4 Å². The Morgan fingerprint density at radius 1 is 1.15 bits per heavy atom. The molecule has 20 heavy (non-hydrogen) atoms. The summed E-state index contributed by atoms with van der Waals surface area (Å²) in [5.74, 6) is 0.397. The molecule has 0 aromatic heterocycles. The Morgan fingerprint density at radius 2 is 1.85 bits per heavy atom. The minimum atomic E-state index is 0.152. The molecule has 2 unspecified atom stereocenters. The Morgan fingerprint density at radius 3 is 2.45 bits per heavy atom. The van der Waals surface area contributed by atoms with Crippen LogP contribution >= 0.6 is 0 Å². The van der Waals surface area contributed by atoms with Crippen molar-refractivity contribution in [3.05, 3.63) is 24.3 Å². The molecule has 1 aliphatic heterocycles. The van der Waals surface area contributed by atoms with E-state index in [-0.39, 0.29) is 11.8 Å². The highest BCUT2D eigenvalue weighted by Crippen LogP contribution is 2.30. The Bertz CT molecular complexity index is 468. The quantitative estimate of drug-likeness (QED) is 0.867. The van der Waals surface area contributed by atoms with Crippen molar-refractivity contribution in [3.8, 4) is 0 Å². The molecule has 1 aromatic carbocycles. The third kappa shape index (κ3) is 3.51. The van der Waals surface area contributed by atoms with Crippen molar-refractivity contribution in [1.29, 1.82) is 0 Å². The molecular weight excluding hydrogens is 252 g/mol. The predicted octanol–water partition coefficient (Wildman–Crippen LogP) is 3.01. The largest absolute Gasteiger partial charge is 0.382 e. The minimum Gasteiger partial charge on any atom is -0.382 e. The van der Waals surface area contributed by atoms with Gasteiger partial charge in [0.1, 0.15) is 0 Å². The van der Waals surface area contributed by atoms with Gasteiger partial charge < -0.3 is 15.4 Å². The van der Waals surface area contributed by atoms with E-state index in [0.29, 0.717) is 12.2 Å². The summed E-state index contributed by atoms with van der Waals surface area (Å²) in [6, 6.07) is 7.89. The molecule has 1 saturated heterocycles. The van der Waals surface area contributed by atoms with Gasteiger partial charge in [0.25, 0.3) is 0 Å². The highest BCUT2D eigenvalue weighted by Gasteiger charge is 2.29. The summed E-state index contributed by atoms with van der Waals surface area (Å²) in [6.45, 7) is 2.97. The van der Waals surface area contributed by atoms with E-state index in [1.165, 1.54) is 0 Å². The lowest BCUT2D eigenvalue weighted by Gasteiger charge is -2.13. The summed E-state index contributed by atoms with van der Waals surface area (Å²) in [6.07, 6.45) is 5.06. The Balaban J connectivity index is 1.47. The van der Waals surface area contributed by atoms with Gasteiger partial charge in [-0.3, -0.25) is 4.79 Å². The fourth-order valence-corrected chi connectivity index (χ4v) is 2.53. The van der Waals surface area contributed by atoms with Gasteiger partial charge in [0, 0.05) is 23.8 Å². The maximum atomic E-state index is 11.6. The number of amides is 1. The van der Waals surface area contributed by atoms with Crippen LogP contribution in [0.1, 0.15) is 32.6 Å². The van der Waals surface area contributed by atoms with E-state index in [1.54, 1.807) is 0 Å². The second-order valence-electron chi connectivity index (χ2n) is 5.87. The zero-order chi connectivity index (χ0) is 13.9. The molecule has 1 heterocycles. The summed E-state index contributed by atoms with van der Waals surface area (Å²) < 4.78 is 5.77. The van der Waals surface area contributed by atoms with E-state index in [1.807, 2.05) is 24.3 Å². The first-order valence-electron chi connectivity index (χ1n) is 7.51. The van der Waals surface area contributed by atoms with Crippen LogP contribution in [0.5, 0.6) is 0 Å². The van der Waals surface area contributed by atoms with Gasteiger partial charge in [-0.25, -0.2) is 0 Å². The molecule has 2 N–H and O–H groups in total. The minimum absolute atomic E-state index is 0.152. The lowest BCUT2D eigenvalue weighted by molar-refractivity contribution is -0.117. The molecule has 2 atom stereocenters. The average molecular weight is 274 g/mol. The van der Waals surface area contributed by atoms with E-state index >= 15 is 0 Å². The number of anilines is 2. The molecular formula is C16H22N2O2. The van der Waals surface area contributed by atoms with Crippen LogP contribution in [0.3, 0.4) is 0 Å². The van der Waals surface area contributed by atoms with Crippen molar-refractivity contribution in [2.45, 2.75) is 44.8 Å². The van der Waals surface area contributed by atoms with Crippen LogP contribution in [0.15, 0.2) is 24.3 Å². The normalized spacial score (nSPS) is 25.4. The van der Waals surface area contributed by atoms with Crippen molar-refractivity contribution >= 4 is 17.3 Å². The lowest BCUT2D eigenvalue weighted by Crippen LogP contribution is -2.19. The summed E-state index contributed by atoms with van der Waals surface area (Å²) in [7, 11) is 0. The van der Waals surface area contributed by atoms with Crippen molar-refractivity contribution in [2.24, 2.45) is 5.92 Å². The molecule has 2 aliphatic rings. The van der Waals surface area contributed by atoms with E-state index < -0.39 is 0 Å². The van der Waals surface area contributed by atoms with Crippen molar-refractivity contribution in [2.75, 3.05) is 17.2 Å². The second kappa shape index (κ2) is 5.83. The van der Waals surface area contributed by atoms with Crippen LogP contribution in [0, 0.1) is 5.92 Å². The van der Waals surface area contributed by atoms with Gasteiger partial charge in [0.15, 0.2) is 0 Å². The fraction of sp³-hybridized carbons (Fsp3) is 0.562. The number of ether oxygens (including phenoxy) is 1. The zero-order valence-corrected chi connectivity index (χ0v) is 11.9. The molecule has 4 heteroatoms. The first-order valence-corrected chi connectivity index (χ1v) is 7.51. The van der Waals surface area contributed by atoms with Gasteiger partial charge in [0.2, 0.25) is 5.91 Å². The van der Waals surface area contributed by atoms with Gasteiger partial charge in [0.05, 0.1) is 12.2 Å². The van der Waals surface area contributed by atoms with Crippen LogP contribution in [-0.2, 0) is 9.53 Å². The molecule has 108 valence electrons. The summed E-state index contributed by atoms with van der Waals surface area (Å²) in [5.41, 5.74) is 1.94. The van der Waals surface area contributed by atoms with Crippen LogP contribution < -0.4 is 10.6 Å². The first kappa shape index (κ1) is 13.4. The smallest absolute Gasteiger partial charge is 0.227 e. The molecule has 4 nitrogen and oxygen atoms in total. The van der Waals surface area contributed by atoms with Gasteiger partial charge in [-0.1, -0.05) is 0 Å².